The van der Waals surface area contributed by atoms with Crippen LogP contribution in [-0.2, 0) is 16.6 Å². The SMILES string of the molecule is C[C@H](c1ccc(S(N)(=O)=O)cc1)N(C)Cc1cccc(Cl)c1. The molecule has 0 aliphatic rings. The maximum Gasteiger partial charge on any atom is 0.238 e. The summed E-state index contributed by atoms with van der Waals surface area (Å²) in [4.78, 5) is 2.29. The van der Waals surface area contributed by atoms with E-state index in [-0.39, 0.29) is 10.9 Å². The van der Waals surface area contributed by atoms with Crippen LogP contribution in [0.1, 0.15) is 24.1 Å². The van der Waals surface area contributed by atoms with Gasteiger partial charge in [-0.05, 0) is 49.4 Å². The molecule has 0 radical (unpaired) electrons. The number of primary sulfonamides is 1. The second kappa shape index (κ2) is 6.79. The fourth-order valence-electron chi connectivity index (χ4n) is 2.25. The summed E-state index contributed by atoms with van der Waals surface area (Å²) in [5, 5.41) is 5.83. The number of sulfonamides is 1. The van der Waals surface area contributed by atoms with Crippen LogP contribution in [0, 0.1) is 0 Å². The lowest BCUT2D eigenvalue weighted by molar-refractivity contribution is 0.253. The van der Waals surface area contributed by atoms with Gasteiger partial charge in [-0.2, -0.15) is 0 Å². The Balaban J connectivity index is 2.12. The Hall–Kier alpha value is -1.40. The standard InChI is InChI=1S/C16H19ClN2O2S/c1-12(14-6-8-16(9-7-14)22(18,20)21)19(2)11-13-4-3-5-15(17)10-13/h3-10,12H,11H2,1-2H3,(H2,18,20,21)/t12-/m1/s1. The average molecular weight is 339 g/mol. The number of nitrogens with two attached hydrogens (primary N) is 1. The molecule has 0 unspecified atom stereocenters. The van der Waals surface area contributed by atoms with Crippen LogP contribution in [-0.4, -0.2) is 20.4 Å². The van der Waals surface area contributed by atoms with Crippen LogP contribution in [0.4, 0.5) is 0 Å². The van der Waals surface area contributed by atoms with E-state index in [1.807, 2.05) is 31.3 Å². The first-order valence-corrected chi connectivity index (χ1v) is 8.77. The summed E-state index contributed by atoms with van der Waals surface area (Å²) in [6.07, 6.45) is 0. The van der Waals surface area contributed by atoms with Gasteiger partial charge in [0.25, 0.3) is 0 Å². The molecule has 0 saturated heterocycles. The summed E-state index contributed by atoms with van der Waals surface area (Å²) < 4.78 is 22.6. The van der Waals surface area contributed by atoms with Gasteiger partial charge in [-0.3, -0.25) is 4.90 Å². The molecule has 1 atom stereocenters. The number of benzene rings is 2. The molecular weight excluding hydrogens is 320 g/mol. The predicted octanol–water partition coefficient (Wildman–Crippen LogP) is 3.18. The number of nitrogens with zero attached hydrogens (tertiary/aromatic N) is 1. The minimum atomic E-state index is -3.65. The highest BCUT2D eigenvalue weighted by Gasteiger charge is 2.14. The zero-order valence-electron chi connectivity index (χ0n) is 12.5. The Morgan fingerprint density at radius 2 is 1.82 bits per heavy atom. The fourth-order valence-corrected chi connectivity index (χ4v) is 2.98. The number of rotatable bonds is 5. The van der Waals surface area contributed by atoms with E-state index in [1.165, 1.54) is 12.1 Å². The van der Waals surface area contributed by atoms with Gasteiger partial charge in [-0.1, -0.05) is 35.9 Å². The normalized spacial score (nSPS) is 13.3. The Morgan fingerprint density at radius 1 is 1.18 bits per heavy atom. The number of hydrogen-bond acceptors (Lipinski definition) is 3. The average Bonchev–Trinajstić information content (AvgIpc) is 2.45. The van der Waals surface area contributed by atoms with Gasteiger partial charge >= 0.3 is 0 Å². The molecule has 0 saturated carbocycles. The summed E-state index contributed by atoms with van der Waals surface area (Å²) in [5.41, 5.74) is 2.15. The zero-order chi connectivity index (χ0) is 16.3. The van der Waals surface area contributed by atoms with Crippen LogP contribution >= 0.6 is 11.6 Å². The highest BCUT2D eigenvalue weighted by molar-refractivity contribution is 7.89. The molecule has 0 aliphatic heterocycles. The smallest absolute Gasteiger partial charge is 0.238 e. The largest absolute Gasteiger partial charge is 0.295 e. The highest BCUT2D eigenvalue weighted by Crippen LogP contribution is 2.22. The first-order chi connectivity index (χ1) is 10.3. The summed E-state index contributed by atoms with van der Waals surface area (Å²) in [6.45, 7) is 2.81. The third-order valence-corrected chi connectivity index (χ3v) is 4.84. The molecule has 0 heterocycles. The molecular formula is C16H19ClN2O2S. The molecule has 0 bridgehead atoms. The molecule has 4 nitrogen and oxygen atoms in total. The van der Waals surface area contributed by atoms with E-state index in [9.17, 15) is 8.42 Å². The molecule has 0 spiro atoms. The molecule has 22 heavy (non-hydrogen) atoms. The van der Waals surface area contributed by atoms with Gasteiger partial charge in [0.2, 0.25) is 10.0 Å². The third-order valence-electron chi connectivity index (χ3n) is 3.67. The van der Waals surface area contributed by atoms with E-state index in [0.717, 1.165) is 22.7 Å². The van der Waals surface area contributed by atoms with Gasteiger partial charge in [0.15, 0.2) is 0 Å². The van der Waals surface area contributed by atoms with E-state index in [4.69, 9.17) is 16.7 Å². The minimum absolute atomic E-state index is 0.126. The van der Waals surface area contributed by atoms with Crippen LogP contribution in [0.2, 0.25) is 5.02 Å². The van der Waals surface area contributed by atoms with Crippen molar-refractivity contribution in [3.8, 4) is 0 Å². The van der Waals surface area contributed by atoms with Crippen LogP contribution in [0.15, 0.2) is 53.4 Å². The van der Waals surface area contributed by atoms with Crippen molar-refractivity contribution in [2.45, 2.75) is 24.4 Å². The highest BCUT2D eigenvalue weighted by atomic mass is 35.5. The first-order valence-electron chi connectivity index (χ1n) is 6.85. The second-order valence-electron chi connectivity index (χ2n) is 5.34. The van der Waals surface area contributed by atoms with Gasteiger partial charge in [0.1, 0.15) is 0 Å². The van der Waals surface area contributed by atoms with Crippen molar-refractivity contribution in [3.05, 3.63) is 64.7 Å². The number of hydrogen-bond donors (Lipinski definition) is 1. The van der Waals surface area contributed by atoms with Gasteiger partial charge in [-0.25, -0.2) is 13.6 Å². The van der Waals surface area contributed by atoms with Gasteiger partial charge in [-0.15, -0.1) is 0 Å². The topological polar surface area (TPSA) is 63.4 Å². The Kier molecular flexibility index (Phi) is 5.24. The maximum absolute atomic E-state index is 11.3. The van der Waals surface area contributed by atoms with E-state index in [2.05, 4.69) is 11.8 Å². The molecule has 0 aliphatic carbocycles. The molecule has 0 fully saturated rings. The zero-order valence-corrected chi connectivity index (χ0v) is 14.1. The molecule has 2 N–H and O–H groups in total. The first kappa shape index (κ1) is 17.0. The quantitative estimate of drug-likeness (QED) is 0.910. The second-order valence-corrected chi connectivity index (χ2v) is 7.33. The lowest BCUT2D eigenvalue weighted by atomic mass is 10.1. The molecule has 0 aromatic heterocycles. The van der Waals surface area contributed by atoms with Crippen molar-refractivity contribution in [2.75, 3.05) is 7.05 Å². The Labute approximate surface area is 136 Å². The molecule has 2 rings (SSSR count). The third kappa shape index (κ3) is 4.30. The van der Waals surface area contributed by atoms with Crippen LogP contribution in [0.5, 0.6) is 0 Å². The maximum atomic E-state index is 11.3. The van der Waals surface area contributed by atoms with E-state index in [1.54, 1.807) is 12.1 Å². The molecule has 6 heteroatoms. The Bertz CT molecular complexity index is 745. The van der Waals surface area contributed by atoms with Crippen molar-refractivity contribution >= 4 is 21.6 Å². The summed E-state index contributed by atoms with van der Waals surface area (Å²) in [7, 11) is -1.63. The van der Waals surface area contributed by atoms with E-state index >= 15 is 0 Å². The van der Waals surface area contributed by atoms with Crippen LogP contribution < -0.4 is 5.14 Å². The van der Waals surface area contributed by atoms with Crippen molar-refractivity contribution in [1.29, 1.82) is 0 Å². The molecule has 2 aromatic carbocycles. The van der Waals surface area contributed by atoms with Gasteiger partial charge in [0, 0.05) is 17.6 Å². The lowest BCUT2D eigenvalue weighted by Gasteiger charge is -2.25. The van der Waals surface area contributed by atoms with E-state index in [0.29, 0.717) is 0 Å². The van der Waals surface area contributed by atoms with Gasteiger partial charge in [0.05, 0.1) is 4.90 Å². The van der Waals surface area contributed by atoms with Crippen LogP contribution in [0.25, 0.3) is 0 Å². The van der Waals surface area contributed by atoms with Crippen molar-refractivity contribution in [1.82, 2.24) is 4.90 Å². The molecule has 0 amide bonds. The predicted molar refractivity (Wildman–Crippen MR) is 89.1 cm³/mol. The monoisotopic (exact) mass is 338 g/mol. The van der Waals surface area contributed by atoms with Crippen molar-refractivity contribution in [2.24, 2.45) is 5.14 Å². The van der Waals surface area contributed by atoms with Crippen molar-refractivity contribution < 1.29 is 8.42 Å². The summed E-state index contributed by atoms with van der Waals surface area (Å²) in [6, 6.07) is 14.5. The number of halogens is 1. The van der Waals surface area contributed by atoms with Gasteiger partial charge < -0.3 is 0 Å². The summed E-state index contributed by atoms with van der Waals surface area (Å²) >= 11 is 6.00. The lowest BCUT2D eigenvalue weighted by Crippen LogP contribution is -2.22. The van der Waals surface area contributed by atoms with Crippen molar-refractivity contribution in [3.63, 3.8) is 0 Å². The van der Waals surface area contributed by atoms with E-state index < -0.39 is 10.0 Å². The minimum Gasteiger partial charge on any atom is -0.295 e. The van der Waals surface area contributed by atoms with Crippen LogP contribution in [0.3, 0.4) is 0 Å². The molecule has 118 valence electrons. The summed E-state index contributed by atoms with van der Waals surface area (Å²) in [5.74, 6) is 0. The molecule has 2 aromatic rings. The Morgan fingerprint density at radius 3 is 2.36 bits per heavy atom. The fraction of sp³-hybridized carbons (Fsp3) is 0.250.